The standard InChI is InChI=1S/C23H31N3O2/c1-17-8-9-18(2)22(14-17)25-23(27)19(3)24-15-20-6-4-5-7-21(20)16-26-10-12-28-13-11-26/h4-9,14,19,24H,10-13,15-16H2,1-3H3,(H,25,27). The Balaban J connectivity index is 1.57. The van der Waals surface area contributed by atoms with Crippen molar-refractivity contribution in [3.63, 3.8) is 0 Å². The molecule has 1 amide bonds. The van der Waals surface area contributed by atoms with Gasteiger partial charge in [0, 0.05) is 31.9 Å². The predicted octanol–water partition coefficient (Wildman–Crippen LogP) is 3.25. The molecule has 0 spiro atoms. The van der Waals surface area contributed by atoms with Crippen molar-refractivity contribution < 1.29 is 9.53 Å². The second kappa shape index (κ2) is 9.82. The number of carbonyl (C=O) groups excluding carboxylic acids is 1. The van der Waals surface area contributed by atoms with Gasteiger partial charge in [0.2, 0.25) is 5.91 Å². The summed E-state index contributed by atoms with van der Waals surface area (Å²) in [7, 11) is 0. The van der Waals surface area contributed by atoms with Crippen LogP contribution < -0.4 is 10.6 Å². The summed E-state index contributed by atoms with van der Waals surface area (Å²) in [4.78, 5) is 15.0. The van der Waals surface area contributed by atoms with Gasteiger partial charge in [-0.05, 0) is 49.1 Å². The minimum Gasteiger partial charge on any atom is -0.379 e. The van der Waals surface area contributed by atoms with Gasteiger partial charge in [0.25, 0.3) is 0 Å². The number of aryl methyl sites for hydroxylation is 2. The summed E-state index contributed by atoms with van der Waals surface area (Å²) in [5.74, 6) is -0.0145. The van der Waals surface area contributed by atoms with Crippen molar-refractivity contribution in [3.8, 4) is 0 Å². The van der Waals surface area contributed by atoms with Gasteiger partial charge in [-0.2, -0.15) is 0 Å². The Morgan fingerprint density at radius 1 is 1.11 bits per heavy atom. The van der Waals surface area contributed by atoms with Gasteiger partial charge < -0.3 is 15.4 Å². The minimum absolute atomic E-state index is 0.0145. The van der Waals surface area contributed by atoms with Crippen LogP contribution in [0.3, 0.4) is 0 Å². The molecule has 1 unspecified atom stereocenters. The van der Waals surface area contributed by atoms with Crippen LogP contribution in [0.4, 0.5) is 5.69 Å². The molecular formula is C23H31N3O2. The van der Waals surface area contributed by atoms with Crippen molar-refractivity contribution in [2.45, 2.75) is 39.9 Å². The number of anilines is 1. The van der Waals surface area contributed by atoms with Gasteiger partial charge in [0.15, 0.2) is 0 Å². The molecule has 2 N–H and O–H groups in total. The van der Waals surface area contributed by atoms with Crippen LogP contribution in [0.2, 0.25) is 0 Å². The van der Waals surface area contributed by atoms with Crippen molar-refractivity contribution >= 4 is 11.6 Å². The van der Waals surface area contributed by atoms with E-state index in [1.165, 1.54) is 11.1 Å². The lowest BCUT2D eigenvalue weighted by molar-refractivity contribution is -0.117. The van der Waals surface area contributed by atoms with E-state index in [1.54, 1.807) is 0 Å². The molecule has 1 aliphatic rings. The smallest absolute Gasteiger partial charge is 0.241 e. The fraction of sp³-hybridized carbons (Fsp3) is 0.435. The van der Waals surface area contributed by atoms with Crippen LogP contribution in [-0.2, 0) is 22.6 Å². The number of nitrogens with zero attached hydrogens (tertiary/aromatic N) is 1. The molecule has 1 atom stereocenters. The molecule has 0 aromatic heterocycles. The fourth-order valence-corrected chi connectivity index (χ4v) is 3.35. The average molecular weight is 382 g/mol. The molecule has 3 rings (SSSR count). The molecule has 2 aromatic carbocycles. The molecular weight excluding hydrogens is 350 g/mol. The Hall–Kier alpha value is -2.21. The van der Waals surface area contributed by atoms with Crippen molar-refractivity contribution in [2.75, 3.05) is 31.6 Å². The quantitative estimate of drug-likeness (QED) is 0.773. The summed E-state index contributed by atoms with van der Waals surface area (Å²) in [5.41, 5.74) is 5.63. The van der Waals surface area contributed by atoms with Crippen LogP contribution in [0.5, 0.6) is 0 Å². The van der Waals surface area contributed by atoms with Gasteiger partial charge in [-0.3, -0.25) is 9.69 Å². The van der Waals surface area contributed by atoms with Gasteiger partial charge >= 0.3 is 0 Å². The molecule has 0 aliphatic carbocycles. The SMILES string of the molecule is Cc1ccc(C)c(NC(=O)C(C)NCc2ccccc2CN2CCOCC2)c1. The Labute approximate surface area is 168 Å². The van der Waals surface area contributed by atoms with Crippen LogP contribution in [-0.4, -0.2) is 43.2 Å². The first-order valence-electron chi connectivity index (χ1n) is 10.0. The summed E-state index contributed by atoms with van der Waals surface area (Å²) < 4.78 is 5.44. The van der Waals surface area contributed by atoms with Crippen molar-refractivity contribution in [1.82, 2.24) is 10.2 Å². The molecule has 0 bridgehead atoms. The van der Waals surface area contributed by atoms with E-state index in [9.17, 15) is 4.79 Å². The first-order chi connectivity index (χ1) is 13.5. The summed E-state index contributed by atoms with van der Waals surface area (Å²) in [6.45, 7) is 11.1. The third-order valence-corrected chi connectivity index (χ3v) is 5.26. The van der Waals surface area contributed by atoms with Crippen LogP contribution >= 0.6 is 0 Å². The summed E-state index contributed by atoms with van der Waals surface area (Å²) in [5, 5.41) is 6.42. The maximum atomic E-state index is 12.6. The van der Waals surface area contributed by atoms with Crippen molar-refractivity contribution in [3.05, 3.63) is 64.7 Å². The largest absolute Gasteiger partial charge is 0.379 e. The lowest BCUT2D eigenvalue weighted by Gasteiger charge is -2.27. The number of amides is 1. The van der Waals surface area contributed by atoms with Gasteiger partial charge in [0.1, 0.15) is 0 Å². The molecule has 5 heteroatoms. The molecule has 28 heavy (non-hydrogen) atoms. The topological polar surface area (TPSA) is 53.6 Å². The molecule has 5 nitrogen and oxygen atoms in total. The lowest BCUT2D eigenvalue weighted by atomic mass is 10.1. The second-order valence-electron chi connectivity index (χ2n) is 7.57. The normalized spacial score (nSPS) is 16.0. The van der Waals surface area contributed by atoms with Gasteiger partial charge in [-0.15, -0.1) is 0 Å². The van der Waals surface area contributed by atoms with Crippen molar-refractivity contribution in [1.29, 1.82) is 0 Å². The summed E-state index contributed by atoms with van der Waals surface area (Å²) in [6.07, 6.45) is 0. The number of ether oxygens (including phenoxy) is 1. The molecule has 1 heterocycles. The Bertz CT molecular complexity index is 800. The monoisotopic (exact) mass is 381 g/mol. The maximum Gasteiger partial charge on any atom is 0.241 e. The third-order valence-electron chi connectivity index (χ3n) is 5.26. The van der Waals surface area contributed by atoms with Crippen LogP contribution in [0.15, 0.2) is 42.5 Å². The van der Waals surface area contributed by atoms with E-state index in [-0.39, 0.29) is 11.9 Å². The zero-order chi connectivity index (χ0) is 19.9. The zero-order valence-corrected chi connectivity index (χ0v) is 17.1. The molecule has 0 radical (unpaired) electrons. The molecule has 1 aliphatic heterocycles. The Morgan fingerprint density at radius 2 is 1.82 bits per heavy atom. The highest BCUT2D eigenvalue weighted by Gasteiger charge is 2.16. The first-order valence-corrected chi connectivity index (χ1v) is 10.0. The van der Waals surface area contributed by atoms with Crippen LogP contribution in [0, 0.1) is 13.8 Å². The third kappa shape index (κ3) is 5.64. The molecule has 2 aromatic rings. The number of hydrogen-bond acceptors (Lipinski definition) is 4. The highest BCUT2D eigenvalue weighted by atomic mass is 16.5. The number of benzene rings is 2. The average Bonchev–Trinajstić information content (AvgIpc) is 2.70. The highest BCUT2D eigenvalue weighted by molar-refractivity contribution is 5.95. The fourth-order valence-electron chi connectivity index (χ4n) is 3.35. The van der Waals surface area contributed by atoms with E-state index >= 15 is 0 Å². The van der Waals surface area contributed by atoms with E-state index in [0.717, 1.165) is 49.7 Å². The first kappa shape index (κ1) is 20.5. The summed E-state index contributed by atoms with van der Waals surface area (Å²) in [6, 6.07) is 14.3. The van der Waals surface area contributed by atoms with Crippen LogP contribution in [0.25, 0.3) is 0 Å². The van der Waals surface area contributed by atoms with E-state index in [0.29, 0.717) is 6.54 Å². The van der Waals surface area contributed by atoms with Crippen LogP contribution in [0.1, 0.15) is 29.2 Å². The Morgan fingerprint density at radius 3 is 2.57 bits per heavy atom. The zero-order valence-electron chi connectivity index (χ0n) is 17.1. The minimum atomic E-state index is -0.281. The van der Waals surface area contributed by atoms with E-state index < -0.39 is 0 Å². The number of nitrogens with one attached hydrogen (secondary N) is 2. The highest BCUT2D eigenvalue weighted by Crippen LogP contribution is 2.17. The van der Waals surface area contributed by atoms with E-state index in [2.05, 4.69) is 45.9 Å². The van der Waals surface area contributed by atoms with Gasteiger partial charge in [-0.25, -0.2) is 0 Å². The molecule has 0 saturated carbocycles. The van der Waals surface area contributed by atoms with E-state index in [4.69, 9.17) is 4.74 Å². The second-order valence-corrected chi connectivity index (χ2v) is 7.57. The maximum absolute atomic E-state index is 12.6. The number of morpholine rings is 1. The van der Waals surface area contributed by atoms with Crippen molar-refractivity contribution in [2.24, 2.45) is 0 Å². The Kier molecular flexibility index (Phi) is 7.20. The predicted molar refractivity (Wildman–Crippen MR) is 113 cm³/mol. The molecule has 1 fully saturated rings. The number of hydrogen-bond donors (Lipinski definition) is 2. The molecule has 150 valence electrons. The van der Waals surface area contributed by atoms with Gasteiger partial charge in [0.05, 0.1) is 19.3 Å². The molecule has 1 saturated heterocycles. The summed E-state index contributed by atoms with van der Waals surface area (Å²) >= 11 is 0. The lowest BCUT2D eigenvalue weighted by Crippen LogP contribution is -2.38. The number of carbonyl (C=O) groups is 1. The van der Waals surface area contributed by atoms with Gasteiger partial charge in [-0.1, -0.05) is 36.4 Å². The number of rotatable bonds is 7. The van der Waals surface area contributed by atoms with E-state index in [1.807, 2.05) is 32.9 Å².